The Balaban J connectivity index is 1.90. The first-order valence-corrected chi connectivity index (χ1v) is 11.0. The van der Waals surface area contributed by atoms with Crippen LogP contribution in [0.3, 0.4) is 0 Å². The first-order chi connectivity index (χ1) is 13.7. The van der Waals surface area contributed by atoms with E-state index in [0.29, 0.717) is 18.9 Å². The largest absolute Gasteiger partial charge is 0.365 e. The topological polar surface area (TPSA) is 62.3 Å². The van der Waals surface area contributed by atoms with E-state index in [1.165, 1.54) is 10.5 Å². The number of hydrogen-bond acceptors (Lipinski definition) is 4. The van der Waals surface area contributed by atoms with Crippen molar-refractivity contribution in [1.82, 2.24) is 9.29 Å². The Morgan fingerprint density at radius 2 is 1.34 bits per heavy atom. The predicted molar refractivity (Wildman–Crippen MR) is 117 cm³/mol. The van der Waals surface area contributed by atoms with Crippen molar-refractivity contribution < 1.29 is 8.42 Å². The Hall–Kier alpha value is -2.70. The zero-order chi connectivity index (χ0) is 20.9. The lowest BCUT2D eigenvalue weighted by Crippen LogP contribution is -2.30. The van der Waals surface area contributed by atoms with Crippen LogP contribution in [0.4, 0.5) is 5.82 Å². The van der Waals surface area contributed by atoms with Crippen LogP contribution in [0.2, 0.25) is 0 Å². The fourth-order valence-electron chi connectivity index (χ4n) is 2.94. The number of nitrogens with one attached hydrogen (secondary N) is 1. The van der Waals surface area contributed by atoms with Crippen molar-refractivity contribution in [3.63, 3.8) is 0 Å². The minimum absolute atomic E-state index is 0.153. The Kier molecular flexibility index (Phi) is 6.35. The molecule has 1 heterocycles. The molecule has 0 unspecified atom stereocenters. The highest BCUT2D eigenvalue weighted by atomic mass is 32.2. The molecule has 3 aromatic rings. The molecule has 0 aliphatic rings. The van der Waals surface area contributed by atoms with Crippen molar-refractivity contribution in [2.24, 2.45) is 0 Å². The third-order valence-electron chi connectivity index (χ3n) is 4.28. The lowest BCUT2D eigenvalue weighted by Gasteiger charge is -2.23. The number of nitrogens with zero attached hydrogens (tertiary/aromatic N) is 2. The van der Waals surface area contributed by atoms with E-state index in [2.05, 4.69) is 10.3 Å². The molecule has 1 N–H and O–H groups in total. The molecule has 0 saturated carbocycles. The lowest BCUT2D eigenvalue weighted by molar-refractivity contribution is 0.401. The molecule has 0 radical (unpaired) electrons. The highest BCUT2D eigenvalue weighted by molar-refractivity contribution is 7.89. The van der Waals surface area contributed by atoms with Crippen molar-refractivity contribution in [3.05, 3.63) is 90.1 Å². The first-order valence-electron chi connectivity index (χ1n) is 9.56. The quantitative estimate of drug-likeness (QED) is 0.615. The average Bonchev–Trinajstić information content (AvgIpc) is 2.68. The van der Waals surface area contributed by atoms with Crippen LogP contribution in [0, 0.1) is 0 Å². The maximum absolute atomic E-state index is 13.4. The molecule has 152 valence electrons. The van der Waals surface area contributed by atoms with Crippen LogP contribution in [0.25, 0.3) is 0 Å². The molecule has 0 fully saturated rings. The van der Waals surface area contributed by atoms with Gasteiger partial charge in [-0.1, -0.05) is 60.7 Å². The number of hydrogen-bond donors (Lipinski definition) is 1. The Morgan fingerprint density at radius 3 is 1.76 bits per heavy atom. The van der Waals surface area contributed by atoms with E-state index in [-0.39, 0.29) is 10.4 Å². The molecule has 2 aromatic carbocycles. The number of benzene rings is 2. The van der Waals surface area contributed by atoms with Gasteiger partial charge in [-0.05, 0) is 44.0 Å². The van der Waals surface area contributed by atoms with Crippen LogP contribution in [0.5, 0.6) is 0 Å². The number of anilines is 1. The van der Waals surface area contributed by atoms with E-state index in [1.54, 1.807) is 12.1 Å². The minimum Gasteiger partial charge on any atom is -0.365 e. The standard InChI is InChI=1S/C23H27N3O2S/c1-23(2,3)25-22-15-14-21(16-24-22)29(27,28)26(17-19-10-6-4-7-11-19)18-20-12-8-5-9-13-20/h4-16H,17-18H2,1-3H3,(H,24,25). The second-order valence-electron chi connectivity index (χ2n) is 8.00. The van der Waals surface area contributed by atoms with Crippen molar-refractivity contribution in [1.29, 1.82) is 0 Å². The molecular weight excluding hydrogens is 382 g/mol. The summed E-state index contributed by atoms with van der Waals surface area (Å²) in [5.74, 6) is 0.647. The van der Waals surface area contributed by atoms with Gasteiger partial charge in [-0.15, -0.1) is 0 Å². The van der Waals surface area contributed by atoms with Crippen LogP contribution in [-0.2, 0) is 23.1 Å². The Morgan fingerprint density at radius 1 is 0.828 bits per heavy atom. The molecule has 0 aliphatic heterocycles. The van der Waals surface area contributed by atoms with Crippen LogP contribution in [0.1, 0.15) is 31.9 Å². The third-order valence-corrected chi connectivity index (χ3v) is 6.06. The van der Waals surface area contributed by atoms with E-state index in [0.717, 1.165) is 11.1 Å². The van der Waals surface area contributed by atoms with Crippen LogP contribution in [0.15, 0.2) is 83.9 Å². The lowest BCUT2D eigenvalue weighted by atomic mass is 10.1. The summed E-state index contributed by atoms with van der Waals surface area (Å²) >= 11 is 0. The summed E-state index contributed by atoms with van der Waals surface area (Å²) in [4.78, 5) is 4.49. The van der Waals surface area contributed by atoms with Gasteiger partial charge in [0.1, 0.15) is 10.7 Å². The summed E-state index contributed by atoms with van der Waals surface area (Å²) in [7, 11) is -3.71. The zero-order valence-corrected chi connectivity index (χ0v) is 17.9. The summed E-state index contributed by atoms with van der Waals surface area (Å²) in [5, 5.41) is 3.25. The first kappa shape index (κ1) is 21.0. The third kappa shape index (κ3) is 5.89. The number of aromatic nitrogens is 1. The molecule has 6 heteroatoms. The monoisotopic (exact) mass is 409 g/mol. The highest BCUT2D eigenvalue weighted by Crippen LogP contribution is 2.22. The fourth-order valence-corrected chi connectivity index (χ4v) is 4.30. The molecule has 3 rings (SSSR count). The van der Waals surface area contributed by atoms with Crippen LogP contribution >= 0.6 is 0 Å². The summed E-state index contributed by atoms with van der Waals surface area (Å²) in [6.45, 7) is 6.67. The average molecular weight is 410 g/mol. The van der Waals surface area contributed by atoms with Crippen molar-refractivity contribution in [3.8, 4) is 0 Å². The molecule has 0 aliphatic carbocycles. The van der Waals surface area contributed by atoms with Crippen molar-refractivity contribution >= 4 is 15.8 Å². The fraction of sp³-hybridized carbons (Fsp3) is 0.261. The normalized spacial score (nSPS) is 12.1. The molecule has 0 bridgehead atoms. The van der Waals surface area contributed by atoms with Gasteiger partial charge in [-0.3, -0.25) is 0 Å². The molecule has 29 heavy (non-hydrogen) atoms. The summed E-state index contributed by atoms with van der Waals surface area (Å²) in [6, 6.07) is 22.5. The van der Waals surface area contributed by atoms with Gasteiger partial charge in [0.05, 0.1) is 0 Å². The van der Waals surface area contributed by atoms with E-state index < -0.39 is 10.0 Å². The molecular formula is C23H27N3O2S. The zero-order valence-electron chi connectivity index (χ0n) is 17.0. The maximum Gasteiger partial charge on any atom is 0.245 e. The van der Waals surface area contributed by atoms with Crippen LogP contribution in [-0.4, -0.2) is 23.2 Å². The molecule has 0 amide bonds. The molecule has 5 nitrogen and oxygen atoms in total. The van der Waals surface area contributed by atoms with Gasteiger partial charge >= 0.3 is 0 Å². The van der Waals surface area contributed by atoms with Gasteiger partial charge in [0.25, 0.3) is 0 Å². The van der Waals surface area contributed by atoms with E-state index in [9.17, 15) is 8.42 Å². The number of rotatable bonds is 7. The second kappa shape index (κ2) is 8.76. The van der Waals surface area contributed by atoms with E-state index in [1.807, 2.05) is 81.4 Å². The predicted octanol–water partition coefficient (Wildman–Crippen LogP) is 4.68. The highest BCUT2D eigenvalue weighted by Gasteiger charge is 2.25. The number of pyridine rings is 1. The molecule has 0 saturated heterocycles. The molecule has 1 aromatic heterocycles. The van der Waals surface area contributed by atoms with E-state index in [4.69, 9.17) is 0 Å². The Bertz CT molecular complexity index is 972. The van der Waals surface area contributed by atoms with Gasteiger partial charge in [0.15, 0.2) is 0 Å². The van der Waals surface area contributed by atoms with Gasteiger partial charge in [-0.2, -0.15) is 4.31 Å². The summed E-state index contributed by atoms with van der Waals surface area (Å²) in [5.41, 5.74) is 1.72. The van der Waals surface area contributed by atoms with Gasteiger partial charge < -0.3 is 5.32 Å². The van der Waals surface area contributed by atoms with E-state index >= 15 is 0 Å². The van der Waals surface area contributed by atoms with Gasteiger partial charge in [0.2, 0.25) is 10.0 Å². The smallest absolute Gasteiger partial charge is 0.245 e. The van der Waals surface area contributed by atoms with Gasteiger partial charge in [0, 0.05) is 24.8 Å². The summed E-state index contributed by atoms with van der Waals surface area (Å²) < 4.78 is 28.3. The molecule has 0 spiro atoms. The maximum atomic E-state index is 13.4. The Labute approximate surface area is 173 Å². The number of sulfonamides is 1. The SMILES string of the molecule is CC(C)(C)Nc1ccc(S(=O)(=O)N(Cc2ccccc2)Cc2ccccc2)cn1. The second-order valence-corrected chi connectivity index (χ2v) is 9.94. The van der Waals surface area contributed by atoms with Crippen molar-refractivity contribution in [2.75, 3.05) is 5.32 Å². The van der Waals surface area contributed by atoms with Crippen LogP contribution < -0.4 is 5.32 Å². The minimum atomic E-state index is -3.71. The summed E-state index contributed by atoms with van der Waals surface area (Å²) in [6.07, 6.45) is 1.42. The van der Waals surface area contributed by atoms with Gasteiger partial charge in [-0.25, -0.2) is 13.4 Å². The molecule has 0 atom stereocenters. The van der Waals surface area contributed by atoms with Crippen molar-refractivity contribution in [2.45, 2.75) is 44.3 Å².